The Kier molecular flexibility index (Phi) is 8.93. The summed E-state index contributed by atoms with van der Waals surface area (Å²) in [7, 11) is 2.12. The first-order valence-corrected chi connectivity index (χ1v) is 15.7. The molecule has 0 aromatic heterocycles. The average molecular weight is 604 g/mol. The van der Waals surface area contributed by atoms with Gasteiger partial charge >= 0.3 is 0 Å². The Morgan fingerprint density at radius 3 is 0.957 bits per heavy atom. The highest BCUT2D eigenvalue weighted by Gasteiger charge is 2.10. The minimum absolute atomic E-state index is 1.05. The van der Waals surface area contributed by atoms with Crippen LogP contribution in [0.25, 0.3) is 0 Å². The van der Waals surface area contributed by atoms with Crippen molar-refractivity contribution in [2.24, 2.45) is 0 Å². The van der Waals surface area contributed by atoms with E-state index in [9.17, 15) is 0 Å². The first kappa shape index (κ1) is 30.4. The Morgan fingerprint density at radius 2 is 0.652 bits per heavy atom. The second kappa shape index (κ2) is 13.5. The zero-order valence-electron chi connectivity index (χ0n) is 27.1. The lowest BCUT2D eigenvalue weighted by Gasteiger charge is -2.23. The Labute approximate surface area is 273 Å². The van der Waals surface area contributed by atoms with E-state index in [1.807, 2.05) is 0 Å². The lowest BCUT2D eigenvalue weighted by molar-refractivity contribution is 1.19. The molecule has 0 fully saturated rings. The minimum Gasteiger partial charge on any atom is -0.355 e. The molecule has 0 heterocycles. The fourth-order valence-corrected chi connectivity index (χ4v) is 5.46. The van der Waals surface area contributed by atoms with Crippen LogP contribution in [0, 0.1) is 27.7 Å². The Bertz CT molecular complexity index is 1800. The van der Waals surface area contributed by atoms with Crippen LogP contribution in [0.1, 0.15) is 22.3 Å². The van der Waals surface area contributed by atoms with E-state index >= 15 is 0 Å². The second-order valence-electron chi connectivity index (χ2n) is 11.8. The van der Waals surface area contributed by atoms with Crippen molar-refractivity contribution in [2.45, 2.75) is 27.7 Å². The second-order valence-corrected chi connectivity index (χ2v) is 11.8. The smallest absolute Gasteiger partial charge is 0.0415 e. The summed E-state index contributed by atoms with van der Waals surface area (Å²) in [5.41, 5.74) is 15.7. The van der Waals surface area contributed by atoms with Crippen molar-refractivity contribution in [2.75, 3.05) is 33.2 Å². The van der Waals surface area contributed by atoms with Crippen LogP contribution in [0.3, 0.4) is 0 Å². The van der Waals surface area contributed by atoms with Crippen LogP contribution < -0.4 is 26.2 Å². The van der Waals surface area contributed by atoms with Gasteiger partial charge in [0.2, 0.25) is 0 Å². The van der Waals surface area contributed by atoms with Crippen molar-refractivity contribution in [1.82, 2.24) is 0 Å². The van der Waals surface area contributed by atoms with Crippen molar-refractivity contribution in [3.8, 4) is 0 Å². The third kappa shape index (κ3) is 7.16. The summed E-state index contributed by atoms with van der Waals surface area (Å²) in [6, 6.07) is 46.6. The molecule has 0 amide bonds. The largest absolute Gasteiger partial charge is 0.355 e. The molecular formula is C41H41N5. The van der Waals surface area contributed by atoms with Gasteiger partial charge < -0.3 is 26.2 Å². The molecule has 0 saturated heterocycles. The minimum atomic E-state index is 1.05. The third-order valence-corrected chi connectivity index (χ3v) is 8.37. The molecule has 230 valence electrons. The lowest BCUT2D eigenvalue weighted by atomic mass is 10.1. The molecule has 0 aliphatic rings. The van der Waals surface area contributed by atoms with Gasteiger partial charge in [-0.2, -0.15) is 0 Å². The highest BCUT2D eigenvalue weighted by Crippen LogP contribution is 2.33. The Morgan fingerprint density at radius 1 is 0.348 bits per heavy atom. The number of anilines is 10. The predicted octanol–water partition coefficient (Wildman–Crippen LogP) is 11.7. The molecule has 0 aliphatic heterocycles. The van der Waals surface area contributed by atoms with Crippen molar-refractivity contribution in [1.29, 1.82) is 0 Å². The summed E-state index contributed by atoms with van der Waals surface area (Å²) in [4.78, 5) is 2.23. The fraction of sp³-hybridized carbons (Fsp3) is 0.122. The van der Waals surface area contributed by atoms with Gasteiger partial charge in [-0.1, -0.05) is 36.4 Å². The Balaban J connectivity index is 1.08. The van der Waals surface area contributed by atoms with Crippen LogP contribution in [0.2, 0.25) is 0 Å². The van der Waals surface area contributed by atoms with Crippen LogP contribution in [0.15, 0.2) is 133 Å². The molecule has 4 N–H and O–H groups in total. The van der Waals surface area contributed by atoms with Gasteiger partial charge in [0.25, 0.3) is 0 Å². The highest BCUT2D eigenvalue weighted by atomic mass is 15.1. The standard InChI is InChI=1S/C41H41N5/c1-28-10-6-8-12-38(28)42-32-14-18-34(19-15-32)44-40-24-22-36(26-30(40)3)46(5)37-23-25-41(31(4)27-37)45-35-20-16-33(17-21-35)43-39-13-9-7-11-29(39)2/h6-27,42-45H,1-5H3. The molecule has 6 aromatic carbocycles. The molecule has 0 unspecified atom stereocenters. The quantitative estimate of drug-likeness (QED) is 0.125. The number of hydrogen-bond donors (Lipinski definition) is 4. The highest BCUT2D eigenvalue weighted by molar-refractivity contribution is 5.75. The van der Waals surface area contributed by atoms with E-state index in [2.05, 4.69) is 194 Å². The van der Waals surface area contributed by atoms with Crippen molar-refractivity contribution in [3.63, 3.8) is 0 Å². The number of hydrogen-bond acceptors (Lipinski definition) is 5. The van der Waals surface area contributed by atoms with Crippen LogP contribution in [-0.2, 0) is 0 Å². The molecule has 0 aliphatic carbocycles. The van der Waals surface area contributed by atoms with Gasteiger partial charge in [0.15, 0.2) is 0 Å². The van der Waals surface area contributed by atoms with E-state index in [0.29, 0.717) is 0 Å². The molecular weight excluding hydrogens is 562 g/mol. The lowest BCUT2D eigenvalue weighted by Crippen LogP contribution is -2.10. The zero-order chi connectivity index (χ0) is 32.0. The SMILES string of the molecule is Cc1ccccc1Nc1ccc(Nc2ccc(N(C)c3ccc(Nc4ccc(Nc5ccccc5C)cc4)c(C)c3)cc2C)cc1. The molecule has 0 radical (unpaired) electrons. The van der Waals surface area contributed by atoms with Gasteiger partial charge in [-0.05, 0) is 147 Å². The molecule has 6 rings (SSSR count). The van der Waals surface area contributed by atoms with Crippen LogP contribution in [0.5, 0.6) is 0 Å². The van der Waals surface area contributed by atoms with E-state index < -0.39 is 0 Å². The summed E-state index contributed by atoms with van der Waals surface area (Å²) in [5, 5.41) is 14.2. The van der Waals surface area contributed by atoms with Crippen molar-refractivity contribution < 1.29 is 0 Å². The van der Waals surface area contributed by atoms with Gasteiger partial charge in [0.05, 0.1) is 0 Å². The summed E-state index contributed by atoms with van der Waals surface area (Å²) >= 11 is 0. The van der Waals surface area contributed by atoms with Gasteiger partial charge in [-0.25, -0.2) is 0 Å². The van der Waals surface area contributed by atoms with Crippen molar-refractivity contribution >= 4 is 56.9 Å². The van der Waals surface area contributed by atoms with E-state index in [1.54, 1.807) is 0 Å². The molecule has 0 spiro atoms. The Hall–Kier alpha value is -5.68. The third-order valence-electron chi connectivity index (χ3n) is 8.37. The van der Waals surface area contributed by atoms with Crippen LogP contribution >= 0.6 is 0 Å². The van der Waals surface area contributed by atoms with Gasteiger partial charge in [-0.3, -0.25) is 0 Å². The molecule has 0 saturated carbocycles. The fourth-order valence-electron chi connectivity index (χ4n) is 5.46. The summed E-state index contributed by atoms with van der Waals surface area (Å²) in [5.74, 6) is 0. The molecule has 5 heteroatoms. The number of rotatable bonds is 10. The maximum absolute atomic E-state index is 3.58. The van der Waals surface area contributed by atoms with Gasteiger partial charge in [0, 0.05) is 63.9 Å². The summed E-state index contributed by atoms with van der Waals surface area (Å²) < 4.78 is 0. The number of nitrogens with one attached hydrogen (secondary N) is 4. The van der Waals surface area contributed by atoms with E-state index in [4.69, 9.17) is 0 Å². The van der Waals surface area contributed by atoms with Gasteiger partial charge in [-0.15, -0.1) is 0 Å². The first-order chi connectivity index (χ1) is 22.3. The van der Waals surface area contributed by atoms with E-state index in [-0.39, 0.29) is 0 Å². The zero-order valence-corrected chi connectivity index (χ0v) is 27.1. The molecule has 0 atom stereocenters. The van der Waals surface area contributed by atoms with Gasteiger partial charge in [0.1, 0.15) is 0 Å². The monoisotopic (exact) mass is 603 g/mol. The summed E-state index contributed by atoms with van der Waals surface area (Å²) in [6.45, 7) is 8.52. The number of nitrogens with zero attached hydrogens (tertiary/aromatic N) is 1. The number of aryl methyl sites for hydroxylation is 4. The van der Waals surface area contributed by atoms with E-state index in [1.165, 1.54) is 22.3 Å². The predicted molar refractivity (Wildman–Crippen MR) is 199 cm³/mol. The normalized spacial score (nSPS) is 10.7. The van der Waals surface area contributed by atoms with E-state index in [0.717, 1.165) is 56.9 Å². The average Bonchev–Trinajstić information content (AvgIpc) is 3.06. The maximum Gasteiger partial charge on any atom is 0.0415 e. The number of benzene rings is 6. The summed E-state index contributed by atoms with van der Waals surface area (Å²) in [6.07, 6.45) is 0. The maximum atomic E-state index is 3.58. The topological polar surface area (TPSA) is 51.4 Å². The number of para-hydroxylation sites is 2. The molecule has 5 nitrogen and oxygen atoms in total. The molecule has 6 aromatic rings. The van der Waals surface area contributed by atoms with Crippen LogP contribution in [0.4, 0.5) is 56.9 Å². The van der Waals surface area contributed by atoms with Crippen LogP contribution in [-0.4, -0.2) is 7.05 Å². The molecule has 46 heavy (non-hydrogen) atoms. The molecule has 0 bridgehead atoms. The first-order valence-electron chi connectivity index (χ1n) is 15.7. The van der Waals surface area contributed by atoms with Crippen molar-refractivity contribution in [3.05, 3.63) is 156 Å².